The summed E-state index contributed by atoms with van der Waals surface area (Å²) in [6.07, 6.45) is 1.53. The van der Waals surface area contributed by atoms with Crippen molar-refractivity contribution >= 4 is 17.8 Å². The quantitative estimate of drug-likeness (QED) is 0.678. The molecule has 0 spiro atoms. The summed E-state index contributed by atoms with van der Waals surface area (Å²) in [6.45, 7) is 4.48. The second kappa shape index (κ2) is 10.2. The van der Waals surface area contributed by atoms with Crippen molar-refractivity contribution in [1.82, 2.24) is 10.3 Å². The van der Waals surface area contributed by atoms with Gasteiger partial charge in [0.1, 0.15) is 12.1 Å². The smallest absolute Gasteiger partial charge is 0.328 e. The van der Waals surface area contributed by atoms with E-state index in [1.807, 2.05) is 30.3 Å². The average molecular weight is 400 g/mol. The van der Waals surface area contributed by atoms with Crippen LogP contribution in [0.1, 0.15) is 36.8 Å². The third kappa shape index (κ3) is 6.31. The Morgan fingerprint density at radius 3 is 2.41 bits per heavy atom. The Labute approximate surface area is 169 Å². The highest BCUT2D eigenvalue weighted by Crippen LogP contribution is 2.29. The van der Waals surface area contributed by atoms with E-state index < -0.39 is 23.9 Å². The van der Waals surface area contributed by atoms with Gasteiger partial charge in [0.15, 0.2) is 11.4 Å². The molecule has 0 aliphatic heterocycles. The highest BCUT2D eigenvalue weighted by Gasteiger charge is 2.25. The topological polar surface area (TPSA) is 104 Å². The van der Waals surface area contributed by atoms with E-state index in [9.17, 15) is 14.4 Å². The van der Waals surface area contributed by atoms with E-state index in [4.69, 9.17) is 14.2 Å². The number of pyridine rings is 1. The number of rotatable bonds is 8. The van der Waals surface area contributed by atoms with Crippen LogP contribution in [-0.4, -0.2) is 42.1 Å². The molecule has 1 amide bonds. The number of aromatic nitrogens is 1. The highest BCUT2D eigenvalue weighted by atomic mass is 16.6. The standard InChI is InChI=1S/C21H24N2O6/c1-13(12-16-8-6-5-7-9-16)28-21(26)14(2)23-20(25)18-19(29-15(3)24)17(27-4)10-11-22-18/h5-11,13-14H,12H2,1-4H3,(H,23,25)/t13?,14-/m0/s1. The van der Waals surface area contributed by atoms with Crippen LogP contribution in [0.2, 0.25) is 0 Å². The second-order valence-electron chi connectivity index (χ2n) is 6.42. The maximum Gasteiger partial charge on any atom is 0.328 e. The van der Waals surface area contributed by atoms with Crippen LogP contribution in [-0.2, 0) is 20.7 Å². The molecule has 0 aliphatic carbocycles. The lowest BCUT2D eigenvalue weighted by Crippen LogP contribution is -2.41. The predicted octanol–water partition coefficient (Wildman–Crippen LogP) is 2.31. The van der Waals surface area contributed by atoms with Crippen molar-refractivity contribution in [3.05, 3.63) is 53.9 Å². The molecule has 0 saturated carbocycles. The first kappa shape index (κ1) is 21.9. The predicted molar refractivity (Wildman–Crippen MR) is 105 cm³/mol. The second-order valence-corrected chi connectivity index (χ2v) is 6.42. The minimum atomic E-state index is -0.932. The molecule has 1 aromatic heterocycles. The fourth-order valence-electron chi connectivity index (χ4n) is 2.61. The number of benzene rings is 1. The Morgan fingerprint density at radius 1 is 1.10 bits per heavy atom. The Bertz CT molecular complexity index is 869. The number of nitrogens with zero attached hydrogens (tertiary/aromatic N) is 1. The first-order valence-corrected chi connectivity index (χ1v) is 9.08. The monoisotopic (exact) mass is 400 g/mol. The van der Waals surface area contributed by atoms with Crippen molar-refractivity contribution in [3.8, 4) is 11.5 Å². The van der Waals surface area contributed by atoms with Gasteiger partial charge in [-0.25, -0.2) is 9.78 Å². The Balaban J connectivity index is 2.02. The van der Waals surface area contributed by atoms with Crippen LogP contribution in [0.25, 0.3) is 0 Å². The number of hydrogen-bond acceptors (Lipinski definition) is 7. The van der Waals surface area contributed by atoms with Crippen LogP contribution >= 0.6 is 0 Å². The van der Waals surface area contributed by atoms with Crippen molar-refractivity contribution in [1.29, 1.82) is 0 Å². The van der Waals surface area contributed by atoms with Crippen LogP contribution in [0.15, 0.2) is 42.6 Å². The summed E-state index contributed by atoms with van der Waals surface area (Å²) >= 11 is 0. The van der Waals surface area contributed by atoms with Gasteiger partial charge in [0.2, 0.25) is 5.75 Å². The van der Waals surface area contributed by atoms with Crippen molar-refractivity contribution in [2.75, 3.05) is 7.11 Å². The Morgan fingerprint density at radius 2 is 1.79 bits per heavy atom. The number of methoxy groups -OCH3 is 1. The van der Waals surface area contributed by atoms with Crippen LogP contribution in [0.4, 0.5) is 0 Å². The lowest BCUT2D eigenvalue weighted by atomic mass is 10.1. The summed E-state index contributed by atoms with van der Waals surface area (Å²) in [6, 6.07) is 10.1. The normalized spacial score (nSPS) is 12.4. The molecule has 154 valence electrons. The van der Waals surface area contributed by atoms with Gasteiger partial charge in [-0.2, -0.15) is 0 Å². The zero-order chi connectivity index (χ0) is 21.4. The van der Waals surface area contributed by atoms with Crippen LogP contribution in [0, 0.1) is 0 Å². The number of esters is 2. The minimum Gasteiger partial charge on any atom is -0.493 e. The molecular weight excluding hydrogens is 376 g/mol. The number of hydrogen-bond donors (Lipinski definition) is 1. The summed E-state index contributed by atoms with van der Waals surface area (Å²) in [5.74, 6) is -1.85. The van der Waals surface area contributed by atoms with Crippen LogP contribution in [0.3, 0.4) is 0 Å². The molecule has 2 rings (SSSR count). The van der Waals surface area contributed by atoms with Gasteiger partial charge in [0, 0.05) is 25.6 Å². The van der Waals surface area contributed by atoms with Gasteiger partial charge in [-0.15, -0.1) is 0 Å². The molecule has 1 N–H and O–H groups in total. The van der Waals surface area contributed by atoms with Crippen molar-refractivity contribution in [2.24, 2.45) is 0 Å². The fraction of sp³-hybridized carbons (Fsp3) is 0.333. The van der Waals surface area contributed by atoms with E-state index >= 15 is 0 Å². The average Bonchev–Trinajstić information content (AvgIpc) is 2.68. The Kier molecular flexibility index (Phi) is 7.70. The zero-order valence-electron chi connectivity index (χ0n) is 16.8. The lowest BCUT2D eigenvalue weighted by Gasteiger charge is -2.18. The third-order valence-electron chi connectivity index (χ3n) is 3.93. The molecule has 0 bridgehead atoms. The number of carbonyl (C=O) groups is 3. The molecule has 2 atom stereocenters. The van der Waals surface area contributed by atoms with E-state index in [2.05, 4.69) is 10.3 Å². The maximum absolute atomic E-state index is 12.6. The largest absolute Gasteiger partial charge is 0.493 e. The first-order chi connectivity index (χ1) is 13.8. The van der Waals surface area contributed by atoms with Crippen LogP contribution in [0.5, 0.6) is 11.5 Å². The third-order valence-corrected chi connectivity index (χ3v) is 3.93. The number of carbonyl (C=O) groups excluding carboxylic acids is 3. The Hall–Kier alpha value is -3.42. The molecule has 0 radical (unpaired) electrons. The molecule has 8 heteroatoms. The summed E-state index contributed by atoms with van der Waals surface area (Å²) in [5, 5.41) is 2.51. The van der Waals surface area contributed by atoms with E-state index in [1.54, 1.807) is 6.92 Å². The zero-order valence-corrected chi connectivity index (χ0v) is 16.8. The molecule has 1 aromatic carbocycles. The van der Waals surface area contributed by atoms with E-state index in [1.165, 1.54) is 33.2 Å². The van der Waals surface area contributed by atoms with Gasteiger partial charge in [-0.3, -0.25) is 9.59 Å². The molecule has 29 heavy (non-hydrogen) atoms. The summed E-state index contributed by atoms with van der Waals surface area (Å²) < 4.78 is 15.6. The molecular formula is C21H24N2O6. The van der Waals surface area contributed by atoms with Crippen molar-refractivity contribution in [3.63, 3.8) is 0 Å². The van der Waals surface area contributed by atoms with Gasteiger partial charge in [0.05, 0.1) is 7.11 Å². The highest BCUT2D eigenvalue weighted by molar-refractivity contribution is 5.98. The van der Waals surface area contributed by atoms with Gasteiger partial charge < -0.3 is 19.5 Å². The van der Waals surface area contributed by atoms with Crippen molar-refractivity contribution < 1.29 is 28.6 Å². The molecule has 0 fully saturated rings. The summed E-state index contributed by atoms with van der Waals surface area (Å²) in [7, 11) is 1.37. The van der Waals surface area contributed by atoms with Gasteiger partial charge in [0.25, 0.3) is 5.91 Å². The van der Waals surface area contributed by atoms with Gasteiger partial charge in [-0.05, 0) is 19.4 Å². The van der Waals surface area contributed by atoms with Gasteiger partial charge >= 0.3 is 11.9 Å². The SMILES string of the molecule is COc1ccnc(C(=O)N[C@@H](C)C(=O)OC(C)Cc2ccccc2)c1OC(C)=O. The molecule has 2 aromatic rings. The number of ether oxygens (including phenoxy) is 3. The van der Waals surface area contributed by atoms with Crippen molar-refractivity contribution in [2.45, 2.75) is 39.3 Å². The molecule has 1 heterocycles. The fourth-order valence-corrected chi connectivity index (χ4v) is 2.61. The first-order valence-electron chi connectivity index (χ1n) is 9.08. The summed E-state index contributed by atoms with van der Waals surface area (Å²) in [4.78, 5) is 40.2. The number of nitrogens with one attached hydrogen (secondary N) is 1. The molecule has 0 saturated heterocycles. The van der Waals surface area contributed by atoms with E-state index in [0.717, 1.165) is 5.56 Å². The molecule has 8 nitrogen and oxygen atoms in total. The molecule has 0 aliphatic rings. The number of amides is 1. The van der Waals surface area contributed by atoms with E-state index in [-0.39, 0.29) is 23.3 Å². The van der Waals surface area contributed by atoms with Crippen LogP contribution < -0.4 is 14.8 Å². The molecule has 1 unspecified atom stereocenters. The maximum atomic E-state index is 12.6. The lowest BCUT2D eigenvalue weighted by molar-refractivity contribution is -0.150. The van der Waals surface area contributed by atoms with E-state index in [0.29, 0.717) is 6.42 Å². The minimum absolute atomic E-state index is 0.113. The summed E-state index contributed by atoms with van der Waals surface area (Å²) in [5.41, 5.74) is 0.868. The van der Waals surface area contributed by atoms with Gasteiger partial charge in [-0.1, -0.05) is 30.3 Å².